The van der Waals surface area contributed by atoms with Crippen LogP contribution in [0.25, 0.3) is 0 Å². The summed E-state index contributed by atoms with van der Waals surface area (Å²) in [6.07, 6.45) is 40.7. The van der Waals surface area contributed by atoms with Crippen molar-refractivity contribution < 1.29 is 21.7 Å². The number of hydrogen-bond donors (Lipinski definition) is 0. The van der Waals surface area contributed by atoms with Crippen LogP contribution in [0.4, 0.5) is 17.3 Å². The largest absolute Gasteiger partial charge is 0.673 e. The Labute approximate surface area is 262 Å². The van der Waals surface area contributed by atoms with Crippen LogP contribution in [0.1, 0.15) is 207 Å². The molecule has 0 unspecified atom stereocenters. The van der Waals surface area contributed by atoms with Gasteiger partial charge in [-0.15, -0.1) is 0 Å². The van der Waals surface area contributed by atoms with Crippen LogP contribution in [0.3, 0.4) is 0 Å². The zero-order valence-electron chi connectivity index (χ0n) is 29.2. The van der Waals surface area contributed by atoms with Crippen molar-refractivity contribution in [2.75, 3.05) is 26.2 Å². The molecule has 0 aliphatic carbocycles. The summed E-state index contributed by atoms with van der Waals surface area (Å²) >= 11 is 0. The molecule has 0 aliphatic heterocycles. The van der Waals surface area contributed by atoms with E-state index in [0.29, 0.717) is 0 Å². The fourth-order valence-electron chi connectivity index (χ4n) is 6.29. The average Bonchev–Trinajstić information content (AvgIpc) is 2.94. The van der Waals surface area contributed by atoms with Gasteiger partial charge in [0.15, 0.2) is 0 Å². The van der Waals surface area contributed by atoms with Crippen molar-refractivity contribution in [2.45, 2.75) is 207 Å². The smallest absolute Gasteiger partial charge is 0.418 e. The van der Waals surface area contributed by atoms with Crippen LogP contribution >= 0.6 is 0 Å². The van der Waals surface area contributed by atoms with E-state index >= 15 is 0 Å². The van der Waals surface area contributed by atoms with Gasteiger partial charge in [-0.1, -0.05) is 156 Å². The van der Waals surface area contributed by atoms with Gasteiger partial charge in [0, 0.05) is 0 Å². The standard InChI is InChI=1S/C36H76N.BF4/c1-5-9-13-17-21-22-23-24-28-32-36-37(33-29-25-18-14-10-6-2,34-30-26-19-15-11-7-3)35-31-27-20-16-12-8-4;2-1(3,4)5/h5-36H2,1-4H3;/q+1;-1. The molecule has 6 heteroatoms. The van der Waals surface area contributed by atoms with Crippen molar-refractivity contribution in [3.8, 4) is 0 Å². The molecule has 256 valence electrons. The molecule has 0 atom stereocenters. The van der Waals surface area contributed by atoms with Gasteiger partial charge in [-0.25, -0.2) is 0 Å². The van der Waals surface area contributed by atoms with Gasteiger partial charge in [0.25, 0.3) is 0 Å². The van der Waals surface area contributed by atoms with Gasteiger partial charge in [0.05, 0.1) is 26.2 Å². The van der Waals surface area contributed by atoms with E-state index in [-0.39, 0.29) is 0 Å². The molecule has 0 spiro atoms. The van der Waals surface area contributed by atoms with Gasteiger partial charge in [0.2, 0.25) is 0 Å². The van der Waals surface area contributed by atoms with Crippen LogP contribution in [0.15, 0.2) is 0 Å². The molecule has 0 aromatic carbocycles. The molecule has 0 radical (unpaired) electrons. The summed E-state index contributed by atoms with van der Waals surface area (Å²) in [5, 5.41) is 0. The van der Waals surface area contributed by atoms with Crippen LogP contribution in [0.2, 0.25) is 0 Å². The molecule has 1 nitrogen and oxygen atoms in total. The monoisotopic (exact) mass is 610 g/mol. The second-order valence-electron chi connectivity index (χ2n) is 13.2. The molecule has 0 amide bonds. The summed E-state index contributed by atoms with van der Waals surface area (Å²) < 4.78 is 40.5. The van der Waals surface area contributed by atoms with Crippen molar-refractivity contribution in [1.82, 2.24) is 0 Å². The lowest BCUT2D eigenvalue weighted by Gasteiger charge is -2.40. The number of quaternary nitrogens is 1. The Balaban J connectivity index is 0. The van der Waals surface area contributed by atoms with E-state index in [1.165, 1.54) is 210 Å². The SMILES string of the molecule is CCCCCCCCCCCC[N+](CCCCCCCC)(CCCCCCCC)CCCCCCCC.F[B-](F)(F)F. The predicted octanol–water partition coefficient (Wildman–Crippen LogP) is 14.1. The minimum absolute atomic E-state index is 1.37. The van der Waals surface area contributed by atoms with Crippen molar-refractivity contribution in [1.29, 1.82) is 0 Å². The first kappa shape index (κ1) is 43.9. The zero-order valence-corrected chi connectivity index (χ0v) is 29.2. The number of rotatable bonds is 32. The van der Waals surface area contributed by atoms with E-state index in [1.807, 2.05) is 0 Å². The van der Waals surface area contributed by atoms with Crippen LogP contribution < -0.4 is 0 Å². The van der Waals surface area contributed by atoms with E-state index in [4.69, 9.17) is 0 Å². The van der Waals surface area contributed by atoms with Crippen molar-refractivity contribution in [3.63, 3.8) is 0 Å². The predicted molar refractivity (Wildman–Crippen MR) is 182 cm³/mol. The minimum Gasteiger partial charge on any atom is -0.418 e. The van der Waals surface area contributed by atoms with E-state index in [0.717, 1.165) is 0 Å². The Kier molecular flexibility index (Phi) is 35.1. The third-order valence-corrected chi connectivity index (χ3v) is 8.94. The molecule has 0 fully saturated rings. The van der Waals surface area contributed by atoms with Crippen molar-refractivity contribution in [3.05, 3.63) is 0 Å². The Morgan fingerprint density at radius 2 is 0.429 bits per heavy atom. The maximum atomic E-state index is 9.75. The normalized spacial score (nSPS) is 12.0. The van der Waals surface area contributed by atoms with Crippen LogP contribution in [0, 0.1) is 0 Å². The van der Waals surface area contributed by atoms with E-state index in [2.05, 4.69) is 27.7 Å². The summed E-state index contributed by atoms with van der Waals surface area (Å²) in [6, 6.07) is 0. The lowest BCUT2D eigenvalue weighted by Crippen LogP contribution is -2.50. The summed E-state index contributed by atoms with van der Waals surface area (Å²) in [7, 11) is -6.00. The topological polar surface area (TPSA) is 0 Å². The summed E-state index contributed by atoms with van der Waals surface area (Å²) in [6.45, 7) is 15.3. The van der Waals surface area contributed by atoms with Gasteiger partial charge < -0.3 is 21.7 Å². The van der Waals surface area contributed by atoms with Crippen LogP contribution in [-0.4, -0.2) is 37.9 Å². The van der Waals surface area contributed by atoms with Gasteiger partial charge in [-0.05, 0) is 51.4 Å². The van der Waals surface area contributed by atoms with Crippen molar-refractivity contribution >= 4 is 7.25 Å². The van der Waals surface area contributed by atoms with Crippen molar-refractivity contribution in [2.24, 2.45) is 0 Å². The molecule has 0 saturated heterocycles. The molecule has 0 bridgehead atoms. The highest BCUT2D eigenvalue weighted by atomic mass is 19.5. The minimum atomic E-state index is -6.00. The van der Waals surface area contributed by atoms with Gasteiger partial charge in [0.1, 0.15) is 0 Å². The third-order valence-electron chi connectivity index (χ3n) is 8.94. The maximum absolute atomic E-state index is 9.75. The highest BCUT2D eigenvalue weighted by molar-refractivity contribution is 6.50. The quantitative estimate of drug-likeness (QED) is 0.0308. The second kappa shape index (κ2) is 33.6. The first-order valence-corrected chi connectivity index (χ1v) is 19.0. The molecule has 0 aromatic heterocycles. The first-order valence-electron chi connectivity index (χ1n) is 19.0. The molecule has 42 heavy (non-hydrogen) atoms. The Morgan fingerprint density at radius 1 is 0.286 bits per heavy atom. The van der Waals surface area contributed by atoms with Crippen LogP contribution in [0.5, 0.6) is 0 Å². The summed E-state index contributed by atoms with van der Waals surface area (Å²) in [4.78, 5) is 0. The third kappa shape index (κ3) is 37.8. The van der Waals surface area contributed by atoms with Gasteiger partial charge in [-0.2, -0.15) is 0 Å². The van der Waals surface area contributed by atoms with Gasteiger partial charge in [-0.3, -0.25) is 0 Å². The number of unbranched alkanes of at least 4 members (excludes halogenated alkanes) is 24. The lowest BCUT2D eigenvalue weighted by molar-refractivity contribution is -0.929. The number of hydrogen-bond acceptors (Lipinski definition) is 0. The lowest BCUT2D eigenvalue weighted by atomic mass is 10.0. The first-order chi connectivity index (χ1) is 20.2. The molecule has 0 N–H and O–H groups in total. The summed E-state index contributed by atoms with van der Waals surface area (Å²) in [5.41, 5.74) is 0. The highest BCUT2D eigenvalue weighted by Crippen LogP contribution is 2.21. The number of nitrogens with zero attached hydrogens (tertiary/aromatic N) is 1. The number of halogens is 4. The highest BCUT2D eigenvalue weighted by Gasteiger charge is 2.25. The van der Waals surface area contributed by atoms with E-state index in [9.17, 15) is 17.3 Å². The molecular weight excluding hydrogens is 533 g/mol. The van der Waals surface area contributed by atoms with Crippen LogP contribution in [-0.2, 0) is 0 Å². The maximum Gasteiger partial charge on any atom is 0.673 e. The zero-order chi connectivity index (χ0) is 31.6. The van der Waals surface area contributed by atoms with E-state index in [1.54, 1.807) is 0 Å². The fourth-order valence-corrected chi connectivity index (χ4v) is 6.29. The molecule has 0 saturated carbocycles. The Morgan fingerprint density at radius 3 is 0.595 bits per heavy atom. The Bertz CT molecular complexity index is 454. The van der Waals surface area contributed by atoms with Gasteiger partial charge >= 0.3 is 7.25 Å². The molecule has 0 heterocycles. The molecule has 0 aliphatic rings. The Hall–Kier alpha value is -0.255. The molecule has 0 rings (SSSR count). The molecular formula is C36H76BF4N. The molecule has 0 aromatic rings. The fraction of sp³-hybridized carbons (Fsp3) is 1.00. The summed E-state index contributed by atoms with van der Waals surface area (Å²) in [5.74, 6) is 0. The second-order valence-corrected chi connectivity index (χ2v) is 13.2. The van der Waals surface area contributed by atoms with E-state index < -0.39 is 7.25 Å². The average molecular weight is 610 g/mol.